The molecule has 0 heterocycles. The molecule has 0 amide bonds. The van der Waals surface area contributed by atoms with Crippen molar-refractivity contribution in [1.82, 2.24) is 0 Å². The van der Waals surface area contributed by atoms with E-state index in [4.69, 9.17) is 0 Å². The summed E-state index contributed by atoms with van der Waals surface area (Å²) in [5.41, 5.74) is -0.171. The number of phenolic OH excluding ortho intramolecular Hbond substituents is 1. The topological polar surface area (TPSA) is 112 Å². The second kappa shape index (κ2) is 8.12. The van der Waals surface area contributed by atoms with Gasteiger partial charge in [0.1, 0.15) is 11.5 Å². The van der Waals surface area contributed by atoms with Gasteiger partial charge >= 0.3 is 0 Å². The second-order valence-electron chi connectivity index (χ2n) is 12.6. The summed E-state index contributed by atoms with van der Waals surface area (Å²) in [7, 11) is 0. The van der Waals surface area contributed by atoms with Crippen LogP contribution in [0.3, 0.4) is 0 Å². The molecule has 38 heavy (non-hydrogen) atoms. The molecule has 4 atom stereocenters. The Bertz CT molecular complexity index is 1470. The zero-order valence-electron chi connectivity index (χ0n) is 23.2. The van der Waals surface area contributed by atoms with Crippen molar-refractivity contribution in [2.45, 2.75) is 73.3 Å². The molecule has 0 spiro atoms. The molecule has 3 N–H and O–H groups in total. The minimum Gasteiger partial charge on any atom is -0.507 e. The lowest BCUT2D eigenvalue weighted by atomic mass is 9.42. The number of aromatic hydroxyl groups is 1. The zero-order chi connectivity index (χ0) is 28.1. The van der Waals surface area contributed by atoms with Gasteiger partial charge in [0.2, 0.25) is 11.6 Å². The molecule has 0 aromatic heterocycles. The Hall–Kier alpha value is -3.25. The molecule has 0 unspecified atom stereocenters. The highest BCUT2D eigenvalue weighted by atomic mass is 16.3. The number of hydrogen-bond donors (Lipinski definition) is 3. The standard InChI is InChI=1S/C32H36O6/c1-15(2)25-17(4)23(18(5)33)28(36)32(38)29(37)26-27(35)24-21(13-30(26,6)14-31(25,32)7)20(10-11-22(24)34)19-9-8-16(3)12-19/h8,10-12,15,25,34-35,38H,9,13-14H2,1-7H3/t25-,30+,31+,32-/m1/s1. The van der Waals surface area contributed by atoms with E-state index in [1.54, 1.807) is 13.8 Å². The van der Waals surface area contributed by atoms with Crippen molar-refractivity contribution in [2.75, 3.05) is 0 Å². The van der Waals surface area contributed by atoms with Crippen LogP contribution in [-0.4, -0.2) is 38.3 Å². The molecule has 1 aromatic rings. The van der Waals surface area contributed by atoms with Gasteiger partial charge in [-0.15, -0.1) is 0 Å². The Labute approximate surface area is 223 Å². The molecule has 4 aliphatic carbocycles. The molecular weight excluding hydrogens is 480 g/mol. The van der Waals surface area contributed by atoms with E-state index in [0.717, 1.165) is 28.7 Å². The Morgan fingerprint density at radius 1 is 1.08 bits per heavy atom. The SMILES string of the molecule is CC(=O)C1=C(C)[C@@H](C(C)C)[C@]2(C)C[C@]3(C)Cc4c(C5=CC(C)=CC5)ccc(O)c4C(O)=C3C(=O)[C@]2(O)C1=O. The number of rotatable bonds is 3. The van der Waals surface area contributed by atoms with Gasteiger partial charge in [-0.1, -0.05) is 57.1 Å². The fourth-order valence-electron chi connectivity index (χ4n) is 8.40. The fourth-order valence-corrected chi connectivity index (χ4v) is 8.40. The van der Waals surface area contributed by atoms with Gasteiger partial charge in [0, 0.05) is 16.4 Å². The monoisotopic (exact) mass is 516 g/mol. The quantitative estimate of drug-likeness (QED) is 0.365. The van der Waals surface area contributed by atoms with E-state index >= 15 is 0 Å². The van der Waals surface area contributed by atoms with Crippen LogP contribution < -0.4 is 0 Å². The van der Waals surface area contributed by atoms with Crippen molar-refractivity contribution in [2.24, 2.45) is 22.7 Å². The first-order valence-electron chi connectivity index (χ1n) is 13.3. The first kappa shape index (κ1) is 26.4. The van der Waals surface area contributed by atoms with E-state index in [2.05, 4.69) is 12.2 Å². The van der Waals surface area contributed by atoms with Gasteiger partial charge in [0.25, 0.3) is 0 Å². The Balaban J connectivity index is 1.80. The Kier molecular flexibility index (Phi) is 5.64. The van der Waals surface area contributed by atoms with Crippen LogP contribution in [-0.2, 0) is 20.8 Å². The smallest absolute Gasteiger partial charge is 0.206 e. The average Bonchev–Trinajstić information content (AvgIpc) is 3.21. The first-order valence-corrected chi connectivity index (χ1v) is 13.3. The molecule has 6 nitrogen and oxygen atoms in total. The number of phenols is 1. The number of aliphatic hydroxyl groups excluding tert-OH is 1. The van der Waals surface area contributed by atoms with Crippen molar-refractivity contribution >= 4 is 28.7 Å². The molecule has 6 heteroatoms. The molecule has 0 radical (unpaired) electrons. The van der Waals surface area contributed by atoms with Crippen LogP contribution in [0.1, 0.15) is 78.0 Å². The number of hydrogen-bond acceptors (Lipinski definition) is 6. The third-order valence-electron chi connectivity index (χ3n) is 9.59. The van der Waals surface area contributed by atoms with Crippen molar-refractivity contribution in [3.05, 3.63) is 63.3 Å². The molecule has 4 aliphatic rings. The van der Waals surface area contributed by atoms with Gasteiger partial charge in [-0.05, 0) is 74.6 Å². The van der Waals surface area contributed by atoms with Crippen molar-refractivity contribution in [3.63, 3.8) is 0 Å². The first-order chi connectivity index (χ1) is 17.6. The molecular formula is C32H36O6. The number of carbonyl (C=O) groups is 3. The second-order valence-corrected chi connectivity index (χ2v) is 12.6. The summed E-state index contributed by atoms with van der Waals surface area (Å²) in [6.07, 6.45) is 5.52. The number of fused-ring (bicyclic) bond motifs is 3. The molecule has 1 aromatic carbocycles. The number of Topliss-reactive ketones (excluding diaryl/α,β-unsaturated/α-hetero) is 3. The maximum absolute atomic E-state index is 14.4. The summed E-state index contributed by atoms with van der Waals surface area (Å²) < 4.78 is 0. The van der Waals surface area contributed by atoms with Crippen LogP contribution in [0.5, 0.6) is 5.75 Å². The van der Waals surface area contributed by atoms with Crippen LogP contribution in [0.15, 0.2) is 46.6 Å². The summed E-state index contributed by atoms with van der Waals surface area (Å²) in [4.78, 5) is 40.8. The van der Waals surface area contributed by atoms with E-state index in [0.29, 0.717) is 12.0 Å². The maximum atomic E-state index is 14.4. The third kappa shape index (κ3) is 3.13. The minimum absolute atomic E-state index is 0.0505. The average molecular weight is 517 g/mol. The summed E-state index contributed by atoms with van der Waals surface area (Å²) in [6.45, 7) is 12.7. The molecule has 200 valence electrons. The highest BCUT2D eigenvalue weighted by Crippen LogP contribution is 2.65. The van der Waals surface area contributed by atoms with Gasteiger partial charge in [0.15, 0.2) is 11.4 Å². The van der Waals surface area contributed by atoms with Gasteiger partial charge in [-0.25, -0.2) is 0 Å². The molecule has 0 aliphatic heterocycles. The molecule has 0 saturated heterocycles. The predicted molar refractivity (Wildman–Crippen MR) is 145 cm³/mol. The largest absolute Gasteiger partial charge is 0.507 e. The third-order valence-corrected chi connectivity index (χ3v) is 9.59. The van der Waals surface area contributed by atoms with E-state index in [-0.39, 0.29) is 34.8 Å². The van der Waals surface area contributed by atoms with Crippen molar-refractivity contribution < 1.29 is 29.7 Å². The lowest BCUT2D eigenvalue weighted by molar-refractivity contribution is -0.180. The Morgan fingerprint density at radius 2 is 1.74 bits per heavy atom. The van der Waals surface area contributed by atoms with Crippen molar-refractivity contribution in [1.29, 1.82) is 0 Å². The van der Waals surface area contributed by atoms with E-state index in [9.17, 15) is 29.7 Å². The van der Waals surface area contributed by atoms with Gasteiger partial charge < -0.3 is 15.3 Å². The number of carbonyl (C=O) groups excluding carboxylic acids is 3. The molecule has 1 fully saturated rings. The summed E-state index contributed by atoms with van der Waals surface area (Å²) in [5.74, 6) is -3.31. The lowest BCUT2D eigenvalue weighted by Gasteiger charge is -2.60. The van der Waals surface area contributed by atoms with E-state index in [1.165, 1.54) is 13.0 Å². The summed E-state index contributed by atoms with van der Waals surface area (Å²) in [6, 6.07) is 3.36. The number of allylic oxidation sites excluding steroid dienone is 5. The van der Waals surface area contributed by atoms with Crippen LogP contribution in [0.4, 0.5) is 0 Å². The van der Waals surface area contributed by atoms with Gasteiger partial charge in [0.05, 0.1) is 11.1 Å². The van der Waals surface area contributed by atoms with Gasteiger partial charge in [-0.2, -0.15) is 0 Å². The summed E-state index contributed by atoms with van der Waals surface area (Å²) >= 11 is 0. The minimum atomic E-state index is -2.51. The summed E-state index contributed by atoms with van der Waals surface area (Å²) in [5, 5.41) is 34.7. The molecule has 1 saturated carbocycles. The van der Waals surface area contributed by atoms with Crippen LogP contribution in [0.2, 0.25) is 0 Å². The fraction of sp³-hybridized carbons (Fsp3) is 0.469. The van der Waals surface area contributed by atoms with Crippen LogP contribution in [0.25, 0.3) is 11.3 Å². The maximum Gasteiger partial charge on any atom is 0.206 e. The molecule has 5 rings (SSSR count). The van der Waals surface area contributed by atoms with E-state index < -0.39 is 45.5 Å². The van der Waals surface area contributed by atoms with Gasteiger partial charge in [-0.3, -0.25) is 14.4 Å². The number of benzene rings is 1. The van der Waals surface area contributed by atoms with E-state index in [1.807, 2.05) is 33.8 Å². The lowest BCUT2D eigenvalue weighted by Crippen LogP contribution is -2.70. The van der Waals surface area contributed by atoms with Crippen LogP contribution >= 0.6 is 0 Å². The number of aliphatic hydroxyl groups is 2. The predicted octanol–water partition coefficient (Wildman–Crippen LogP) is 5.43. The highest BCUT2D eigenvalue weighted by Gasteiger charge is 2.72. The normalized spacial score (nSPS) is 32.7. The highest BCUT2D eigenvalue weighted by molar-refractivity contribution is 6.33. The zero-order valence-corrected chi connectivity index (χ0v) is 23.2. The van der Waals surface area contributed by atoms with Crippen molar-refractivity contribution in [3.8, 4) is 5.75 Å². The molecule has 0 bridgehead atoms. The van der Waals surface area contributed by atoms with Crippen LogP contribution in [0, 0.1) is 22.7 Å². The Morgan fingerprint density at radius 3 is 2.29 bits per heavy atom. The number of ketones is 3.